The van der Waals surface area contributed by atoms with Crippen LogP contribution in [0.5, 0.6) is 5.75 Å². The van der Waals surface area contributed by atoms with Crippen LogP contribution in [0.15, 0.2) is 47.5 Å². The van der Waals surface area contributed by atoms with E-state index in [0.717, 1.165) is 0 Å². The molecule has 2 heterocycles. The molecule has 4 rings (SSSR count). The highest BCUT2D eigenvalue weighted by Gasteiger charge is 2.44. The van der Waals surface area contributed by atoms with Gasteiger partial charge in [0, 0.05) is 22.7 Å². The van der Waals surface area contributed by atoms with E-state index in [1.54, 1.807) is 30.2 Å². The van der Waals surface area contributed by atoms with Gasteiger partial charge < -0.3 is 15.0 Å². The summed E-state index contributed by atoms with van der Waals surface area (Å²) >= 11 is 7.15. The molecule has 31 heavy (non-hydrogen) atoms. The van der Waals surface area contributed by atoms with Gasteiger partial charge in [-0.15, -0.1) is 0 Å². The van der Waals surface area contributed by atoms with Crippen molar-refractivity contribution in [3.8, 4) is 5.75 Å². The van der Waals surface area contributed by atoms with Gasteiger partial charge in [0.25, 0.3) is 0 Å². The van der Waals surface area contributed by atoms with Gasteiger partial charge in [0.15, 0.2) is 15.0 Å². The van der Waals surface area contributed by atoms with Crippen LogP contribution in [0.2, 0.25) is 5.02 Å². The molecule has 2 atom stereocenters. The molecule has 1 saturated heterocycles. The number of hydrogen-bond acceptors (Lipinski definition) is 7. The fraction of sp³-hybridized carbons (Fsp3) is 0.300. The second-order valence-corrected chi connectivity index (χ2v) is 10.9. The zero-order chi connectivity index (χ0) is 22.2. The molecule has 2 aromatic carbocycles. The normalized spacial score (nSPS) is 21.3. The van der Waals surface area contributed by atoms with E-state index in [9.17, 15) is 17.6 Å². The average Bonchev–Trinajstić information content (AvgIpc) is 3.22. The van der Waals surface area contributed by atoms with Gasteiger partial charge in [0.1, 0.15) is 18.1 Å². The van der Waals surface area contributed by atoms with E-state index >= 15 is 0 Å². The number of fused-ring (bicyclic) bond motifs is 1. The lowest BCUT2D eigenvalue weighted by Gasteiger charge is -2.24. The summed E-state index contributed by atoms with van der Waals surface area (Å²) in [4.78, 5) is 19.1. The number of amides is 1. The number of amidine groups is 1. The number of sulfone groups is 1. The summed E-state index contributed by atoms with van der Waals surface area (Å²) in [6, 6.07) is 10.8. The maximum absolute atomic E-state index is 13.4. The van der Waals surface area contributed by atoms with Crippen molar-refractivity contribution in [1.29, 1.82) is 0 Å². The van der Waals surface area contributed by atoms with Crippen molar-refractivity contribution < 1.29 is 22.3 Å². The number of nitrogens with zero attached hydrogens (tertiary/aromatic N) is 2. The molecule has 0 radical (unpaired) electrons. The third kappa shape index (κ3) is 4.97. The number of ether oxygens (including phenoxy) is 1. The lowest BCUT2D eigenvalue weighted by Crippen LogP contribution is -2.36. The molecule has 2 aliphatic heterocycles. The summed E-state index contributed by atoms with van der Waals surface area (Å²) in [7, 11) is -1.54. The lowest BCUT2D eigenvalue weighted by atomic mass is 10.2. The van der Waals surface area contributed by atoms with Crippen LogP contribution >= 0.6 is 23.4 Å². The number of rotatable bonds is 5. The highest BCUT2D eigenvalue weighted by atomic mass is 35.5. The van der Waals surface area contributed by atoms with E-state index in [2.05, 4.69) is 10.3 Å². The molecule has 0 aliphatic carbocycles. The first-order valence-corrected chi connectivity index (χ1v) is 12.4. The van der Waals surface area contributed by atoms with E-state index in [4.69, 9.17) is 16.3 Å². The van der Waals surface area contributed by atoms with E-state index in [0.29, 0.717) is 22.3 Å². The third-order valence-electron chi connectivity index (χ3n) is 4.91. The first kappa shape index (κ1) is 21.9. The van der Waals surface area contributed by atoms with E-state index in [-0.39, 0.29) is 40.3 Å². The molecular formula is C20H19ClFN3O4S2. The number of carbonyl (C=O) groups is 1. The highest BCUT2D eigenvalue weighted by Crippen LogP contribution is 2.37. The average molecular weight is 484 g/mol. The minimum Gasteiger partial charge on any atom is -0.497 e. The largest absolute Gasteiger partial charge is 0.497 e. The molecular weight excluding hydrogens is 465 g/mol. The summed E-state index contributed by atoms with van der Waals surface area (Å²) < 4.78 is 42.5. The predicted octanol–water partition coefficient (Wildman–Crippen LogP) is 3.20. The SMILES string of the molecule is COc1cccc(N(CC(=O)Nc2ccc(F)c(Cl)c2)C2=N[C@@H]3CS(=O)(=O)C[C@@H]3S2)c1. The van der Waals surface area contributed by atoms with Gasteiger partial charge in [0.2, 0.25) is 5.91 Å². The topological polar surface area (TPSA) is 88.1 Å². The first-order chi connectivity index (χ1) is 14.7. The van der Waals surface area contributed by atoms with Crippen LogP contribution in [-0.2, 0) is 14.6 Å². The fourth-order valence-corrected chi connectivity index (χ4v) is 7.40. The summed E-state index contributed by atoms with van der Waals surface area (Å²) in [6.45, 7) is -0.0831. The van der Waals surface area contributed by atoms with Gasteiger partial charge >= 0.3 is 0 Å². The molecule has 2 aromatic rings. The van der Waals surface area contributed by atoms with Gasteiger partial charge in [0.05, 0.1) is 29.7 Å². The lowest BCUT2D eigenvalue weighted by molar-refractivity contribution is -0.114. The number of thioether (sulfide) groups is 1. The van der Waals surface area contributed by atoms with Crippen LogP contribution in [0.4, 0.5) is 15.8 Å². The molecule has 164 valence electrons. The second kappa shape index (κ2) is 8.68. The van der Waals surface area contributed by atoms with Crippen molar-refractivity contribution in [3.05, 3.63) is 53.3 Å². The minimum absolute atomic E-state index is 0.0143. The molecule has 2 aliphatic rings. The number of anilines is 2. The monoisotopic (exact) mass is 483 g/mol. The molecule has 11 heteroatoms. The molecule has 0 spiro atoms. The number of halogens is 2. The predicted molar refractivity (Wildman–Crippen MR) is 122 cm³/mol. The summed E-state index contributed by atoms with van der Waals surface area (Å²) in [5, 5.41) is 3.03. The molecule has 7 nitrogen and oxygen atoms in total. The van der Waals surface area contributed by atoms with Crippen molar-refractivity contribution in [3.63, 3.8) is 0 Å². The summed E-state index contributed by atoms with van der Waals surface area (Å²) in [5.74, 6) is -0.240. The Morgan fingerprint density at radius 2 is 2.13 bits per heavy atom. The second-order valence-electron chi connectivity index (χ2n) is 7.18. The number of aliphatic imine (C=N–C) groups is 1. The molecule has 1 fully saturated rings. The Labute approximate surface area is 188 Å². The zero-order valence-electron chi connectivity index (χ0n) is 16.4. The zero-order valence-corrected chi connectivity index (χ0v) is 18.8. The van der Waals surface area contributed by atoms with Crippen LogP contribution in [0.25, 0.3) is 0 Å². The van der Waals surface area contributed by atoms with E-state index < -0.39 is 15.7 Å². The molecule has 0 unspecified atom stereocenters. The Hall–Kier alpha value is -2.30. The van der Waals surface area contributed by atoms with Gasteiger partial charge in [-0.2, -0.15) is 0 Å². The number of carbonyl (C=O) groups excluding carboxylic acids is 1. The van der Waals surface area contributed by atoms with Crippen LogP contribution in [0.1, 0.15) is 0 Å². The number of methoxy groups -OCH3 is 1. The van der Waals surface area contributed by atoms with Crippen LogP contribution < -0.4 is 15.0 Å². The number of benzene rings is 2. The molecule has 0 aromatic heterocycles. The standard InChI is InChI=1S/C20H19ClFN3O4S2/c1-29-14-4-2-3-13(8-14)25(20-24-17-10-31(27,28)11-18(17)30-20)9-19(26)23-12-5-6-16(22)15(21)7-12/h2-8,17-18H,9-11H2,1H3,(H,23,26)/t17-,18+/m1/s1. The van der Waals surface area contributed by atoms with Gasteiger partial charge in [-0.05, 0) is 30.3 Å². The van der Waals surface area contributed by atoms with Crippen LogP contribution in [0, 0.1) is 5.82 Å². The van der Waals surface area contributed by atoms with Crippen LogP contribution in [0.3, 0.4) is 0 Å². The summed E-state index contributed by atoms with van der Waals surface area (Å²) in [5.41, 5.74) is 1.05. The number of hydrogen-bond donors (Lipinski definition) is 1. The Kier molecular flexibility index (Phi) is 6.14. The Balaban J connectivity index is 1.58. The Morgan fingerprint density at radius 1 is 1.32 bits per heavy atom. The van der Waals surface area contributed by atoms with Gasteiger partial charge in [-0.3, -0.25) is 9.79 Å². The minimum atomic E-state index is -3.09. The maximum atomic E-state index is 13.4. The molecule has 1 N–H and O–H groups in total. The first-order valence-electron chi connectivity index (χ1n) is 9.35. The van der Waals surface area contributed by atoms with E-state index in [1.807, 2.05) is 6.07 Å². The third-order valence-corrected chi connectivity index (χ3v) is 8.44. The Bertz CT molecular complexity index is 1160. The van der Waals surface area contributed by atoms with Crippen molar-refractivity contribution >= 4 is 55.6 Å². The quantitative estimate of drug-likeness (QED) is 0.702. The molecule has 0 bridgehead atoms. The molecule has 0 saturated carbocycles. The van der Waals surface area contributed by atoms with Crippen molar-refractivity contribution in [2.75, 3.05) is 35.4 Å². The van der Waals surface area contributed by atoms with Gasteiger partial charge in [-0.1, -0.05) is 29.4 Å². The smallest absolute Gasteiger partial charge is 0.244 e. The van der Waals surface area contributed by atoms with Crippen molar-refractivity contribution in [2.24, 2.45) is 4.99 Å². The summed E-state index contributed by atoms with van der Waals surface area (Å²) in [6.07, 6.45) is 0. The maximum Gasteiger partial charge on any atom is 0.244 e. The fourth-order valence-electron chi connectivity index (χ4n) is 3.44. The highest BCUT2D eigenvalue weighted by molar-refractivity contribution is 8.15. The van der Waals surface area contributed by atoms with E-state index in [1.165, 1.54) is 30.0 Å². The number of nitrogens with one attached hydrogen (secondary N) is 1. The molecule has 1 amide bonds. The van der Waals surface area contributed by atoms with Crippen LogP contribution in [-0.4, -0.2) is 55.9 Å². The van der Waals surface area contributed by atoms with Gasteiger partial charge in [-0.25, -0.2) is 12.8 Å². The van der Waals surface area contributed by atoms with Crippen molar-refractivity contribution in [2.45, 2.75) is 11.3 Å². The Morgan fingerprint density at radius 3 is 2.84 bits per heavy atom. The van der Waals surface area contributed by atoms with Crippen molar-refractivity contribution in [1.82, 2.24) is 0 Å².